The third-order valence-corrected chi connectivity index (χ3v) is 6.69. The van der Waals surface area contributed by atoms with Crippen molar-refractivity contribution in [2.75, 3.05) is 11.4 Å². The van der Waals surface area contributed by atoms with Gasteiger partial charge in [0, 0.05) is 22.6 Å². The van der Waals surface area contributed by atoms with Crippen LogP contribution >= 0.6 is 11.6 Å². The van der Waals surface area contributed by atoms with Gasteiger partial charge in [-0.1, -0.05) is 55.3 Å². The monoisotopic (exact) mass is 404 g/mol. The third-order valence-electron chi connectivity index (χ3n) is 6.45. The summed E-state index contributed by atoms with van der Waals surface area (Å²) in [6, 6.07) is 18.7. The number of rotatable bonds is 3. The van der Waals surface area contributed by atoms with Crippen LogP contribution in [0.2, 0.25) is 5.02 Å². The van der Waals surface area contributed by atoms with Gasteiger partial charge >= 0.3 is 0 Å². The van der Waals surface area contributed by atoms with Gasteiger partial charge in [0.05, 0.1) is 11.6 Å². The Balaban J connectivity index is 1.69. The maximum atomic E-state index is 6.87. The van der Waals surface area contributed by atoms with Gasteiger partial charge in [0.1, 0.15) is 11.4 Å². The average Bonchev–Trinajstić information content (AvgIpc) is 2.90. The van der Waals surface area contributed by atoms with Crippen LogP contribution in [0, 0.1) is 0 Å². The van der Waals surface area contributed by atoms with E-state index >= 15 is 0 Å². The molecule has 3 aromatic carbocycles. The van der Waals surface area contributed by atoms with Crippen LogP contribution in [0.25, 0.3) is 10.8 Å². The topological polar surface area (TPSA) is 24.8 Å². The number of unbranched alkanes of at least 4 members (excludes halogenated alkanes) is 1. The quantitative estimate of drug-likeness (QED) is 0.475. The minimum absolute atomic E-state index is 0.312. The fourth-order valence-electron chi connectivity index (χ4n) is 4.77. The standard InChI is InChI=1S/C25H25ClN2O/c1-4-5-14-28-21-12-11-18(26)15-20(21)24(2,3)25(28)16-27-23-19-9-7-6-8-17(19)10-13-22(23)29-25/h6-13,15-16H,4-5,14H2,1-3H3. The molecular weight excluding hydrogens is 380 g/mol. The van der Waals surface area contributed by atoms with Crippen molar-refractivity contribution >= 4 is 40.0 Å². The Morgan fingerprint density at radius 1 is 1.07 bits per heavy atom. The summed E-state index contributed by atoms with van der Waals surface area (Å²) >= 11 is 6.38. The second-order valence-corrected chi connectivity index (χ2v) is 8.92. The zero-order valence-corrected chi connectivity index (χ0v) is 17.8. The predicted molar refractivity (Wildman–Crippen MR) is 122 cm³/mol. The summed E-state index contributed by atoms with van der Waals surface area (Å²) in [5.74, 6) is 0.833. The second-order valence-electron chi connectivity index (χ2n) is 8.48. The zero-order chi connectivity index (χ0) is 20.2. The number of aliphatic imine (C=N–C) groups is 1. The highest BCUT2D eigenvalue weighted by Gasteiger charge is 2.59. The molecule has 1 atom stereocenters. The Bertz CT molecular complexity index is 1140. The number of benzene rings is 3. The van der Waals surface area contributed by atoms with Gasteiger partial charge in [-0.05, 0) is 55.5 Å². The fourth-order valence-corrected chi connectivity index (χ4v) is 4.94. The molecule has 2 aliphatic heterocycles. The molecule has 0 N–H and O–H groups in total. The van der Waals surface area contributed by atoms with Crippen LogP contribution in [-0.2, 0) is 5.41 Å². The molecule has 148 valence electrons. The highest BCUT2D eigenvalue weighted by molar-refractivity contribution is 6.30. The molecule has 2 aliphatic rings. The molecule has 1 unspecified atom stereocenters. The molecule has 4 heteroatoms. The lowest BCUT2D eigenvalue weighted by Gasteiger charge is -2.46. The van der Waals surface area contributed by atoms with E-state index in [4.69, 9.17) is 21.3 Å². The minimum Gasteiger partial charge on any atom is -0.459 e. The first-order chi connectivity index (χ1) is 14.0. The van der Waals surface area contributed by atoms with Crippen molar-refractivity contribution in [1.82, 2.24) is 0 Å². The Hall–Kier alpha value is -2.52. The van der Waals surface area contributed by atoms with Gasteiger partial charge in [-0.2, -0.15) is 0 Å². The van der Waals surface area contributed by atoms with Gasteiger partial charge < -0.3 is 9.64 Å². The number of anilines is 1. The van der Waals surface area contributed by atoms with Crippen molar-refractivity contribution in [2.24, 2.45) is 4.99 Å². The largest absolute Gasteiger partial charge is 0.459 e. The molecular formula is C25H25ClN2O. The van der Waals surface area contributed by atoms with Gasteiger partial charge in [0.15, 0.2) is 0 Å². The van der Waals surface area contributed by atoms with Crippen LogP contribution in [0.4, 0.5) is 11.4 Å². The first-order valence-electron chi connectivity index (χ1n) is 10.3. The van der Waals surface area contributed by atoms with Crippen LogP contribution in [0.5, 0.6) is 5.75 Å². The predicted octanol–water partition coefficient (Wildman–Crippen LogP) is 6.88. The van der Waals surface area contributed by atoms with E-state index in [1.807, 2.05) is 18.3 Å². The summed E-state index contributed by atoms with van der Waals surface area (Å²) in [5.41, 5.74) is 2.31. The van der Waals surface area contributed by atoms with Crippen LogP contribution in [0.1, 0.15) is 39.2 Å². The van der Waals surface area contributed by atoms with Crippen molar-refractivity contribution in [2.45, 2.75) is 44.8 Å². The number of hydrogen-bond acceptors (Lipinski definition) is 3. The SMILES string of the molecule is CCCCN1c2ccc(Cl)cc2C(C)(C)C12C=Nc1c(ccc3ccccc13)O2. The normalized spacial score (nSPS) is 21.3. The molecule has 0 bridgehead atoms. The lowest BCUT2D eigenvalue weighted by Crippen LogP contribution is -2.62. The molecule has 0 saturated heterocycles. The molecule has 3 aromatic rings. The van der Waals surface area contributed by atoms with Crippen LogP contribution in [0.15, 0.2) is 59.6 Å². The van der Waals surface area contributed by atoms with Crippen molar-refractivity contribution in [1.29, 1.82) is 0 Å². The number of hydrogen-bond donors (Lipinski definition) is 0. The molecule has 29 heavy (non-hydrogen) atoms. The fraction of sp³-hybridized carbons (Fsp3) is 0.320. The minimum atomic E-state index is -0.676. The first kappa shape index (κ1) is 18.5. The van der Waals surface area contributed by atoms with Crippen LogP contribution in [-0.4, -0.2) is 18.5 Å². The van der Waals surface area contributed by atoms with Crippen LogP contribution < -0.4 is 9.64 Å². The van der Waals surface area contributed by atoms with Crippen molar-refractivity contribution in [3.05, 3.63) is 65.2 Å². The van der Waals surface area contributed by atoms with E-state index in [9.17, 15) is 0 Å². The van der Waals surface area contributed by atoms with Gasteiger partial charge in [0.2, 0.25) is 5.72 Å². The highest BCUT2D eigenvalue weighted by atomic mass is 35.5. The lowest BCUT2D eigenvalue weighted by atomic mass is 9.77. The molecule has 5 rings (SSSR count). The molecule has 0 aromatic heterocycles. The molecule has 0 radical (unpaired) electrons. The smallest absolute Gasteiger partial charge is 0.228 e. The van der Waals surface area contributed by atoms with Gasteiger partial charge in [-0.3, -0.25) is 4.99 Å². The number of halogens is 1. The molecule has 3 nitrogen and oxygen atoms in total. The molecule has 0 amide bonds. The van der Waals surface area contributed by atoms with E-state index in [1.165, 1.54) is 16.6 Å². The average molecular weight is 405 g/mol. The highest BCUT2D eigenvalue weighted by Crippen LogP contribution is 2.55. The summed E-state index contributed by atoms with van der Waals surface area (Å²) in [5, 5.41) is 3.04. The summed E-state index contributed by atoms with van der Waals surface area (Å²) in [6.07, 6.45) is 4.22. The van der Waals surface area contributed by atoms with Crippen molar-refractivity contribution in [3.63, 3.8) is 0 Å². The maximum Gasteiger partial charge on any atom is 0.228 e. The lowest BCUT2D eigenvalue weighted by molar-refractivity contribution is 0.0775. The Labute approximate surface area is 177 Å². The number of ether oxygens (including phenoxy) is 1. The molecule has 1 spiro atoms. The molecule has 0 aliphatic carbocycles. The number of nitrogens with zero attached hydrogens (tertiary/aromatic N) is 2. The summed E-state index contributed by atoms with van der Waals surface area (Å²) < 4.78 is 6.87. The van der Waals surface area contributed by atoms with Gasteiger partial charge in [-0.25, -0.2) is 0 Å². The summed E-state index contributed by atoms with van der Waals surface area (Å²) in [6.45, 7) is 7.58. The summed E-state index contributed by atoms with van der Waals surface area (Å²) in [7, 11) is 0. The zero-order valence-electron chi connectivity index (χ0n) is 17.1. The van der Waals surface area contributed by atoms with Crippen LogP contribution in [0.3, 0.4) is 0 Å². The molecule has 0 saturated carbocycles. The third kappa shape index (κ3) is 2.53. The van der Waals surface area contributed by atoms with E-state index in [0.29, 0.717) is 0 Å². The van der Waals surface area contributed by atoms with Crippen molar-refractivity contribution < 1.29 is 4.74 Å². The Morgan fingerprint density at radius 2 is 1.90 bits per heavy atom. The van der Waals surface area contributed by atoms with Gasteiger partial charge in [0.25, 0.3) is 0 Å². The first-order valence-corrected chi connectivity index (χ1v) is 10.7. The molecule has 0 fully saturated rings. The van der Waals surface area contributed by atoms with Crippen molar-refractivity contribution in [3.8, 4) is 5.75 Å². The van der Waals surface area contributed by atoms with E-state index < -0.39 is 5.72 Å². The van der Waals surface area contributed by atoms with Gasteiger partial charge in [-0.15, -0.1) is 0 Å². The van der Waals surface area contributed by atoms with E-state index in [0.717, 1.165) is 41.2 Å². The van der Waals surface area contributed by atoms with E-state index in [-0.39, 0.29) is 5.41 Å². The molecule has 2 heterocycles. The second kappa shape index (κ2) is 6.50. The van der Waals surface area contributed by atoms with E-state index in [1.54, 1.807) is 0 Å². The summed E-state index contributed by atoms with van der Waals surface area (Å²) in [4.78, 5) is 7.37. The Kier molecular flexibility index (Phi) is 4.15. The van der Waals surface area contributed by atoms with E-state index in [2.05, 4.69) is 68.1 Å². The Morgan fingerprint density at radius 3 is 2.72 bits per heavy atom. The number of fused-ring (bicyclic) bond motifs is 4. The maximum absolute atomic E-state index is 6.87.